The Morgan fingerprint density at radius 1 is 1.41 bits per heavy atom. The summed E-state index contributed by atoms with van der Waals surface area (Å²) in [7, 11) is 0. The number of phenolic OH excluding ortho intramolecular Hbond substituents is 1. The predicted molar refractivity (Wildman–Crippen MR) is 62.0 cm³/mol. The Kier molecular flexibility index (Phi) is 4.09. The normalized spacial score (nSPS) is 11.9. The summed E-state index contributed by atoms with van der Waals surface area (Å²) < 4.78 is 0. The molecule has 0 aromatic heterocycles. The molecule has 0 spiro atoms. The van der Waals surface area contributed by atoms with Crippen LogP contribution in [0, 0.1) is 6.92 Å². The Labute approximate surface area is 99.1 Å². The zero-order valence-electron chi connectivity index (χ0n) is 9.73. The number of carboxylic acid groups (broad SMARTS) is 1. The maximum Gasteiger partial charge on any atom is 0.326 e. The number of aliphatic carboxylic acids is 1. The van der Waals surface area contributed by atoms with Crippen LogP contribution in [-0.2, 0) is 4.79 Å². The largest absolute Gasteiger partial charge is 0.508 e. The minimum absolute atomic E-state index is 0.0735. The van der Waals surface area contributed by atoms with E-state index in [0.29, 0.717) is 17.5 Å². The molecule has 0 saturated carbocycles. The van der Waals surface area contributed by atoms with Gasteiger partial charge in [-0.05, 0) is 37.1 Å². The van der Waals surface area contributed by atoms with Crippen molar-refractivity contribution in [3.05, 3.63) is 29.3 Å². The number of carbonyl (C=O) groups excluding carboxylic acids is 1. The summed E-state index contributed by atoms with van der Waals surface area (Å²) in [4.78, 5) is 22.6. The molecule has 0 aliphatic carbocycles. The van der Waals surface area contributed by atoms with E-state index in [4.69, 9.17) is 5.11 Å². The highest BCUT2D eigenvalue weighted by atomic mass is 16.4. The molecule has 0 fully saturated rings. The minimum Gasteiger partial charge on any atom is -0.508 e. The fraction of sp³-hybridized carbons (Fsp3) is 0.333. The first kappa shape index (κ1) is 13.0. The second kappa shape index (κ2) is 5.34. The SMILES string of the molecule is CC[C@H](NC(=O)c1ccc(O)cc1C)C(=O)O. The number of hydrogen-bond acceptors (Lipinski definition) is 3. The van der Waals surface area contributed by atoms with Crippen LogP contribution in [0.25, 0.3) is 0 Å². The molecular formula is C12H15NO4. The van der Waals surface area contributed by atoms with Gasteiger partial charge in [0.05, 0.1) is 0 Å². The number of aromatic hydroxyl groups is 1. The highest BCUT2D eigenvalue weighted by Crippen LogP contribution is 2.15. The summed E-state index contributed by atoms with van der Waals surface area (Å²) in [5.41, 5.74) is 0.963. The lowest BCUT2D eigenvalue weighted by Gasteiger charge is -2.13. The molecule has 92 valence electrons. The second-order valence-corrected chi connectivity index (χ2v) is 3.77. The second-order valence-electron chi connectivity index (χ2n) is 3.77. The zero-order chi connectivity index (χ0) is 13.0. The van der Waals surface area contributed by atoms with Crippen LogP contribution in [0.4, 0.5) is 0 Å². The van der Waals surface area contributed by atoms with E-state index in [-0.39, 0.29) is 5.75 Å². The van der Waals surface area contributed by atoms with Crippen LogP contribution < -0.4 is 5.32 Å². The van der Waals surface area contributed by atoms with Crippen molar-refractivity contribution in [2.45, 2.75) is 26.3 Å². The van der Waals surface area contributed by atoms with Crippen molar-refractivity contribution in [2.24, 2.45) is 0 Å². The molecule has 0 saturated heterocycles. The summed E-state index contributed by atoms with van der Waals surface area (Å²) >= 11 is 0. The Morgan fingerprint density at radius 2 is 2.06 bits per heavy atom. The summed E-state index contributed by atoms with van der Waals surface area (Å²) in [5.74, 6) is -1.43. The first-order valence-electron chi connectivity index (χ1n) is 5.29. The zero-order valence-corrected chi connectivity index (χ0v) is 9.73. The molecule has 0 aliphatic rings. The monoisotopic (exact) mass is 237 g/mol. The molecular weight excluding hydrogens is 222 g/mol. The molecule has 5 heteroatoms. The van der Waals surface area contributed by atoms with Gasteiger partial charge in [-0.25, -0.2) is 4.79 Å². The summed E-state index contributed by atoms with van der Waals surface area (Å²) in [5, 5.41) is 20.5. The standard InChI is InChI=1S/C12H15NO4/c1-3-10(12(16)17)13-11(15)9-5-4-8(14)6-7(9)2/h4-6,10,14H,3H2,1-2H3,(H,13,15)(H,16,17)/t10-/m0/s1. The number of phenols is 1. The van der Waals surface area contributed by atoms with Crippen LogP contribution in [-0.4, -0.2) is 28.1 Å². The van der Waals surface area contributed by atoms with E-state index in [9.17, 15) is 14.7 Å². The molecule has 0 heterocycles. The van der Waals surface area contributed by atoms with Gasteiger partial charge >= 0.3 is 5.97 Å². The number of rotatable bonds is 4. The number of aryl methyl sites for hydroxylation is 1. The van der Waals surface area contributed by atoms with Gasteiger partial charge in [-0.1, -0.05) is 6.92 Å². The molecule has 1 amide bonds. The van der Waals surface area contributed by atoms with E-state index in [1.165, 1.54) is 18.2 Å². The fourth-order valence-corrected chi connectivity index (χ4v) is 1.48. The van der Waals surface area contributed by atoms with Gasteiger partial charge in [-0.2, -0.15) is 0 Å². The number of carbonyl (C=O) groups is 2. The number of benzene rings is 1. The smallest absolute Gasteiger partial charge is 0.326 e. The van der Waals surface area contributed by atoms with Gasteiger partial charge in [0.2, 0.25) is 0 Å². The van der Waals surface area contributed by atoms with E-state index < -0.39 is 17.9 Å². The lowest BCUT2D eigenvalue weighted by molar-refractivity contribution is -0.139. The lowest BCUT2D eigenvalue weighted by Crippen LogP contribution is -2.40. The molecule has 1 aromatic rings. The fourth-order valence-electron chi connectivity index (χ4n) is 1.48. The molecule has 17 heavy (non-hydrogen) atoms. The average Bonchev–Trinajstić information content (AvgIpc) is 2.24. The molecule has 1 aromatic carbocycles. The minimum atomic E-state index is -1.06. The topological polar surface area (TPSA) is 86.6 Å². The van der Waals surface area contributed by atoms with E-state index >= 15 is 0 Å². The van der Waals surface area contributed by atoms with E-state index in [2.05, 4.69) is 5.32 Å². The van der Waals surface area contributed by atoms with Crippen LogP contribution in [0.3, 0.4) is 0 Å². The van der Waals surface area contributed by atoms with Gasteiger partial charge in [-0.15, -0.1) is 0 Å². The lowest BCUT2D eigenvalue weighted by atomic mass is 10.1. The molecule has 0 aliphatic heterocycles. The Hall–Kier alpha value is -2.04. The highest BCUT2D eigenvalue weighted by molar-refractivity contribution is 5.97. The van der Waals surface area contributed by atoms with Crippen molar-refractivity contribution in [1.82, 2.24) is 5.32 Å². The van der Waals surface area contributed by atoms with E-state index in [1.54, 1.807) is 13.8 Å². The van der Waals surface area contributed by atoms with Gasteiger partial charge in [0.15, 0.2) is 0 Å². The van der Waals surface area contributed by atoms with Gasteiger partial charge in [0.25, 0.3) is 5.91 Å². The van der Waals surface area contributed by atoms with Crippen molar-refractivity contribution in [1.29, 1.82) is 0 Å². The first-order valence-corrected chi connectivity index (χ1v) is 5.29. The highest BCUT2D eigenvalue weighted by Gasteiger charge is 2.19. The van der Waals surface area contributed by atoms with E-state index in [0.717, 1.165) is 0 Å². The molecule has 5 nitrogen and oxygen atoms in total. The van der Waals surface area contributed by atoms with Crippen LogP contribution in [0.2, 0.25) is 0 Å². The Morgan fingerprint density at radius 3 is 2.53 bits per heavy atom. The molecule has 0 radical (unpaired) electrons. The van der Waals surface area contributed by atoms with Crippen molar-refractivity contribution < 1.29 is 19.8 Å². The summed E-state index contributed by atoms with van der Waals surface area (Å²) in [6.45, 7) is 3.36. The number of hydrogen-bond donors (Lipinski definition) is 3. The number of carboxylic acids is 1. The average molecular weight is 237 g/mol. The summed E-state index contributed by atoms with van der Waals surface area (Å²) in [6.07, 6.45) is 0.318. The molecule has 3 N–H and O–H groups in total. The van der Waals surface area contributed by atoms with Crippen LogP contribution in [0.1, 0.15) is 29.3 Å². The Bertz CT molecular complexity index is 442. The van der Waals surface area contributed by atoms with Gasteiger partial charge in [0.1, 0.15) is 11.8 Å². The predicted octanol–water partition coefficient (Wildman–Crippen LogP) is 1.29. The number of amides is 1. The quantitative estimate of drug-likeness (QED) is 0.736. The van der Waals surface area contributed by atoms with Gasteiger partial charge in [-0.3, -0.25) is 4.79 Å². The number of nitrogens with one attached hydrogen (secondary N) is 1. The van der Waals surface area contributed by atoms with Crippen LogP contribution in [0.5, 0.6) is 5.75 Å². The summed E-state index contributed by atoms with van der Waals surface area (Å²) in [6, 6.07) is 3.42. The maximum absolute atomic E-state index is 11.8. The third-order valence-electron chi connectivity index (χ3n) is 2.47. The van der Waals surface area contributed by atoms with Crippen molar-refractivity contribution in [3.63, 3.8) is 0 Å². The van der Waals surface area contributed by atoms with E-state index in [1.807, 2.05) is 0 Å². The molecule has 1 atom stereocenters. The molecule has 0 unspecified atom stereocenters. The molecule has 1 rings (SSSR count). The van der Waals surface area contributed by atoms with Crippen molar-refractivity contribution in [3.8, 4) is 5.75 Å². The maximum atomic E-state index is 11.8. The Balaban J connectivity index is 2.86. The van der Waals surface area contributed by atoms with Crippen molar-refractivity contribution in [2.75, 3.05) is 0 Å². The third-order valence-corrected chi connectivity index (χ3v) is 2.47. The van der Waals surface area contributed by atoms with Crippen LogP contribution in [0.15, 0.2) is 18.2 Å². The first-order chi connectivity index (χ1) is 7.95. The van der Waals surface area contributed by atoms with Gasteiger partial charge in [0, 0.05) is 5.56 Å². The third kappa shape index (κ3) is 3.21. The van der Waals surface area contributed by atoms with Crippen LogP contribution >= 0.6 is 0 Å². The van der Waals surface area contributed by atoms with Crippen molar-refractivity contribution >= 4 is 11.9 Å². The van der Waals surface area contributed by atoms with Gasteiger partial charge < -0.3 is 15.5 Å². The molecule has 0 bridgehead atoms.